The van der Waals surface area contributed by atoms with Crippen molar-refractivity contribution in [3.63, 3.8) is 0 Å². The van der Waals surface area contributed by atoms with E-state index in [9.17, 15) is 4.79 Å². The lowest BCUT2D eigenvalue weighted by Gasteiger charge is -2.23. The zero-order valence-electron chi connectivity index (χ0n) is 16.9. The Balaban J connectivity index is 1.31. The number of rotatable bonds is 5. The van der Waals surface area contributed by atoms with Gasteiger partial charge in [0.05, 0.1) is 22.4 Å². The van der Waals surface area contributed by atoms with Gasteiger partial charge in [-0.25, -0.2) is 9.97 Å². The minimum absolute atomic E-state index is 0.00745. The fourth-order valence-electron chi connectivity index (χ4n) is 3.37. The zero-order valence-corrected chi connectivity index (χ0v) is 18.5. The van der Waals surface area contributed by atoms with Crippen molar-refractivity contribution >= 4 is 34.1 Å². The molecule has 4 rings (SSSR count). The molecule has 1 amide bonds. The average Bonchev–Trinajstić information content (AvgIpc) is 3.35. The topological polar surface area (TPSA) is 68.0 Å². The molecule has 3 aromatic rings. The van der Waals surface area contributed by atoms with Gasteiger partial charge in [-0.3, -0.25) is 4.79 Å². The number of anilines is 1. The van der Waals surface area contributed by atoms with E-state index in [-0.39, 0.29) is 17.2 Å². The largest absolute Gasteiger partial charge is 0.444 e. The number of aryl methyl sites for hydroxylation is 1. The van der Waals surface area contributed by atoms with Crippen LogP contribution >= 0.6 is 23.1 Å². The van der Waals surface area contributed by atoms with Gasteiger partial charge in [-0.05, 0) is 30.4 Å². The van der Waals surface area contributed by atoms with Gasteiger partial charge < -0.3 is 9.73 Å². The van der Waals surface area contributed by atoms with Crippen LogP contribution in [0.5, 0.6) is 0 Å². The number of benzene rings is 1. The summed E-state index contributed by atoms with van der Waals surface area (Å²) in [5.74, 6) is 2.31. The lowest BCUT2D eigenvalue weighted by Crippen LogP contribution is -2.28. The van der Waals surface area contributed by atoms with E-state index < -0.39 is 0 Å². The summed E-state index contributed by atoms with van der Waals surface area (Å²) in [4.78, 5) is 21.4. The number of thiazole rings is 1. The maximum Gasteiger partial charge on any atom is 0.229 e. The summed E-state index contributed by atoms with van der Waals surface area (Å²) in [6.07, 6.45) is 6.25. The highest BCUT2D eigenvalue weighted by molar-refractivity contribution is 8.00. The highest BCUT2D eigenvalue weighted by Gasteiger charge is 2.25. The molecule has 0 saturated carbocycles. The average molecular weight is 428 g/mol. The predicted molar refractivity (Wildman–Crippen MR) is 117 cm³/mol. The summed E-state index contributed by atoms with van der Waals surface area (Å²) in [7, 11) is 0. The van der Waals surface area contributed by atoms with Crippen LogP contribution in [0.25, 0.3) is 0 Å². The van der Waals surface area contributed by atoms with Crippen LogP contribution in [0.15, 0.2) is 45.3 Å². The van der Waals surface area contributed by atoms with E-state index in [4.69, 9.17) is 4.42 Å². The SMILES string of the molecule is CC(C)(C)c1cnc(CSc2cnc(NC(=O)C3CCc4ccccc4C3)s2)o1. The summed E-state index contributed by atoms with van der Waals surface area (Å²) >= 11 is 3.11. The Morgan fingerprint density at radius 3 is 2.79 bits per heavy atom. The Morgan fingerprint density at radius 1 is 1.24 bits per heavy atom. The van der Waals surface area contributed by atoms with Crippen molar-refractivity contribution in [3.05, 3.63) is 59.4 Å². The van der Waals surface area contributed by atoms with Crippen molar-refractivity contribution in [3.8, 4) is 0 Å². The Labute approximate surface area is 179 Å². The van der Waals surface area contributed by atoms with Crippen LogP contribution < -0.4 is 5.32 Å². The molecule has 0 spiro atoms. The Kier molecular flexibility index (Phi) is 5.79. The fourth-order valence-corrected chi connectivity index (χ4v) is 5.10. The van der Waals surface area contributed by atoms with Gasteiger partial charge in [0.2, 0.25) is 11.8 Å². The van der Waals surface area contributed by atoms with Crippen LogP contribution in [0, 0.1) is 5.92 Å². The molecule has 152 valence electrons. The molecule has 2 heterocycles. The van der Waals surface area contributed by atoms with Gasteiger partial charge in [0.25, 0.3) is 0 Å². The highest BCUT2D eigenvalue weighted by Crippen LogP contribution is 2.33. The first kappa shape index (κ1) is 20.2. The summed E-state index contributed by atoms with van der Waals surface area (Å²) in [5, 5.41) is 3.65. The molecule has 1 aliphatic carbocycles. The predicted octanol–water partition coefficient (Wildman–Crippen LogP) is 5.46. The van der Waals surface area contributed by atoms with Crippen LogP contribution in [-0.4, -0.2) is 15.9 Å². The van der Waals surface area contributed by atoms with E-state index in [1.54, 1.807) is 24.2 Å². The maximum atomic E-state index is 12.7. The van der Waals surface area contributed by atoms with E-state index in [0.29, 0.717) is 16.8 Å². The number of carbonyl (C=O) groups is 1. The van der Waals surface area contributed by atoms with Gasteiger partial charge in [0.1, 0.15) is 5.76 Å². The van der Waals surface area contributed by atoms with Crippen LogP contribution in [0.1, 0.15) is 50.0 Å². The number of hydrogen-bond donors (Lipinski definition) is 1. The number of nitrogens with one attached hydrogen (secondary N) is 1. The Morgan fingerprint density at radius 2 is 2.03 bits per heavy atom. The summed E-state index contributed by atoms with van der Waals surface area (Å²) < 4.78 is 6.86. The molecule has 0 saturated heterocycles. The first-order valence-corrected chi connectivity index (χ1v) is 11.6. The van der Waals surface area contributed by atoms with E-state index in [1.165, 1.54) is 22.5 Å². The molecule has 2 aromatic heterocycles. The molecule has 0 aliphatic heterocycles. The van der Waals surface area contributed by atoms with Crippen molar-refractivity contribution in [2.45, 2.75) is 55.4 Å². The van der Waals surface area contributed by atoms with Gasteiger partial charge in [-0.15, -0.1) is 11.8 Å². The highest BCUT2D eigenvalue weighted by atomic mass is 32.2. The van der Waals surface area contributed by atoms with Gasteiger partial charge >= 0.3 is 0 Å². The molecule has 0 bridgehead atoms. The Hall–Kier alpha value is -2.12. The molecule has 5 nitrogen and oxygen atoms in total. The first-order chi connectivity index (χ1) is 13.9. The molecule has 0 radical (unpaired) electrons. The number of thioether (sulfide) groups is 1. The fraction of sp³-hybridized carbons (Fsp3) is 0.409. The number of aromatic nitrogens is 2. The van der Waals surface area contributed by atoms with E-state index in [2.05, 4.69) is 54.3 Å². The molecule has 1 atom stereocenters. The van der Waals surface area contributed by atoms with E-state index >= 15 is 0 Å². The normalized spacial score (nSPS) is 16.4. The minimum atomic E-state index is -0.0442. The monoisotopic (exact) mass is 427 g/mol. The van der Waals surface area contributed by atoms with Crippen LogP contribution in [0.4, 0.5) is 5.13 Å². The van der Waals surface area contributed by atoms with Crippen molar-refractivity contribution in [2.75, 3.05) is 5.32 Å². The zero-order chi connectivity index (χ0) is 20.4. The maximum absolute atomic E-state index is 12.7. The van der Waals surface area contributed by atoms with Gasteiger partial charge in [0, 0.05) is 11.3 Å². The van der Waals surface area contributed by atoms with Gasteiger partial charge in [-0.1, -0.05) is 56.4 Å². The summed E-state index contributed by atoms with van der Waals surface area (Å²) in [6, 6.07) is 8.39. The van der Waals surface area contributed by atoms with E-state index in [0.717, 1.165) is 29.2 Å². The van der Waals surface area contributed by atoms with Crippen molar-refractivity contribution in [1.82, 2.24) is 9.97 Å². The minimum Gasteiger partial charge on any atom is -0.444 e. The standard InChI is InChI=1S/C22H25N3O2S2/c1-22(2,3)17-11-23-18(27-17)13-28-19-12-24-21(29-19)25-20(26)16-9-8-14-6-4-5-7-15(14)10-16/h4-7,11-12,16H,8-10,13H2,1-3H3,(H,24,25,26). The van der Waals surface area contributed by atoms with Crippen molar-refractivity contribution in [2.24, 2.45) is 5.92 Å². The molecule has 0 fully saturated rings. The third-order valence-corrected chi connectivity index (χ3v) is 7.16. The molecule has 7 heteroatoms. The van der Waals surface area contributed by atoms with Crippen LogP contribution in [0.2, 0.25) is 0 Å². The molecular weight excluding hydrogens is 402 g/mol. The Bertz CT molecular complexity index is 1000. The molecule has 29 heavy (non-hydrogen) atoms. The number of nitrogens with zero attached hydrogens (tertiary/aromatic N) is 2. The lowest BCUT2D eigenvalue weighted by atomic mass is 9.83. The second-order valence-electron chi connectivity index (χ2n) is 8.34. The molecular formula is C22H25N3O2S2. The lowest BCUT2D eigenvalue weighted by molar-refractivity contribution is -0.120. The molecule has 1 aliphatic rings. The third-order valence-electron chi connectivity index (χ3n) is 5.06. The number of amides is 1. The quantitative estimate of drug-likeness (QED) is 0.547. The molecule has 1 unspecified atom stereocenters. The summed E-state index contributed by atoms with van der Waals surface area (Å²) in [5.41, 5.74) is 2.61. The number of fused-ring (bicyclic) bond motifs is 1. The second kappa shape index (κ2) is 8.32. The summed E-state index contributed by atoms with van der Waals surface area (Å²) in [6.45, 7) is 6.31. The van der Waals surface area contributed by atoms with Crippen molar-refractivity contribution < 1.29 is 9.21 Å². The molecule has 1 aromatic carbocycles. The van der Waals surface area contributed by atoms with Gasteiger partial charge in [-0.2, -0.15) is 0 Å². The second-order valence-corrected chi connectivity index (χ2v) is 10.6. The first-order valence-electron chi connectivity index (χ1n) is 9.80. The van der Waals surface area contributed by atoms with E-state index in [1.807, 2.05) is 6.07 Å². The number of hydrogen-bond acceptors (Lipinski definition) is 6. The number of carbonyl (C=O) groups excluding carboxylic acids is 1. The smallest absolute Gasteiger partial charge is 0.229 e. The third kappa shape index (κ3) is 4.90. The van der Waals surface area contributed by atoms with Crippen LogP contribution in [0.3, 0.4) is 0 Å². The van der Waals surface area contributed by atoms with Crippen LogP contribution in [-0.2, 0) is 28.8 Å². The van der Waals surface area contributed by atoms with Gasteiger partial charge in [0.15, 0.2) is 5.13 Å². The number of oxazole rings is 1. The molecule has 1 N–H and O–H groups in total. The van der Waals surface area contributed by atoms with Crippen molar-refractivity contribution in [1.29, 1.82) is 0 Å².